The monoisotopic (exact) mass is 454 g/mol. The lowest BCUT2D eigenvalue weighted by Gasteiger charge is -2.33. The second-order valence-electron chi connectivity index (χ2n) is 8.38. The van der Waals surface area contributed by atoms with E-state index in [0.29, 0.717) is 0 Å². The summed E-state index contributed by atoms with van der Waals surface area (Å²) >= 11 is 0. The summed E-state index contributed by atoms with van der Waals surface area (Å²) in [6, 6.07) is 44.5. The maximum absolute atomic E-state index is 2.55. The summed E-state index contributed by atoms with van der Waals surface area (Å²) in [4.78, 5) is 0. The van der Waals surface area contributed by atoms with Crippen molar-refractivity contribution in [1.82, 2.24) is 0 Å². The molecular weight excluding hydrogens is 422 g/mol. The molecule has 4 aromatic rings. The van der Waals surface area contributed by atoms with Crippen LogP contribution in [0.15, 0.2) is 121 Å². The SMILES string of the molecule is CC(P(Cc1ccccc1)Cc1ccccc1)P(Cc1ccccc1)Cc1ccccc1. The Labute approximate surface area is 196 Å². The number of rotatable bonds is 10. The van der Waals surface area contributed by atoms with Gasteiger partial charge in [0.1, 0.15) is 0 Å². The van der Waals surface area contributed by atoms with E-state index >= 15 is 0 Å². The normalized spacial score (nSPS) is 11.4. The average molecular weight is 455 g/mol. The van der Waals surface area contributed by atoms with Gasteiger partial charge in [-0.2, -0.15) is 0 Å². The van der Waals surface area contributed by atoms with E-state index in [1.165, 1.54) is 46.9 Å². The zero-order chi connectivity index (χ0) is 22.0. The fraction of sp³-hybridized carbons (Fsp3) is 0.200. The molecule has 0 aliphatic carbocycles. The van der Waals surface area contributed by atoms with Gasteiger partial charge in [0.05, 0.1) is 0 Å². The van der Waals surface area contributed by atoms with Crippen LogP contribution in [0.5, 0.6) is 0 Å². The molecule has 0 aromatic heterocycles. The maximum atomic E-state index is 2.55. The van der Waals surface area contributed by atoms with E-state index in [4.69, 9.17) is 0 Å². The van der Waals surface area contributed by atoms with E-state index < -0.39 is 0 Å². The van der Waals surface area contributed by atoms with E-state index in [9.17, 15) is 0 Å². The van der Waals surface area contributed by atoms with Crippen molar-refractivity contribution in [2.24, 2.45) is 0 Å². The van der Waals surface area contributed by atoms with E-state index in [-0.39, 0.29) is 15.8 Å². The summed E-state index contributed by atoms with van der Waals surface area (Å²) in [5, 5.41) is 0.723. The molecule has 0 bridgehead atoms. The third kappa shape index (κ3) is 6.87. The maximum Gasteiger partial charge on any atom is -0.00223 e. The van der Waals surface area contributed by atoms with Gasteiger partial charge in [-0.15, -0.1) is 0 Å². The predicted molar refractivity (Wildman–Crippen MR) is 144 cm³/mol. The molecule has 0 aliphatic heterocycles. The molecule has 0 heterocycles. The highest BCUT2D eigenvalue weighted by molar-refractivity contribution is 7.74. The molecule has 32 heavy (non-hydrogen) atoms. The largest absolute Gasteiger partial charge is 0.0904 e. The Morgan fingerprint density at radius 2 is 0.625 bits per heavy atom. The molecule has 0 atom stereocenters. The van der Waals surface area contributed by atoms with E-state index in [2.05, 4.69) is 128 Å². The van der Waals surface area contributed by atoms with Gasteiger partial charge in [0, 0.05) is 0 Å². The Balaban J connectivity index is 1.61. The first kappa shape index (κ1) is 22.9. The molecule has 0 N–H and O–H groups in total. The van der Waals surface area contributed by atoms with Gasteiger partial charge in [0.25, 0.3) is 0 Å². The van der Waals surface area contributed by atoms with Gasteiger partial charge in [-0.1, -0.05) is 144 Å². The summed E-state index contributed by atoms with van der Waals surface area (Å²) in [6.45, 7) is 2.55. The topological polar surface area (TPSA) is 0 Å². The van der Waals surface area contributed by atoms with Crippen molar-refractivity contribution in [3.63, 3.8) is 0 Å². The summed E-state index contributed by atoms with van der Waals surface area (Å²) in [7, 11) is -0.355. The lowest BCUT2D eigenvalue weighted by molar-refractivity contribution is 1.20. The quantitative estimate of drug-likeness (QED) is 0.210. The minimum Gasteiger partial charge on any atom is -0.0904 e. The zero-order valence-electron chi connectivity index (χ0n) is 18.8. The third-order valence-electron chi connectivity index (χ3n) is 5.97. The van der Waals surface area contributed by atoms with Crippen LogP contribution in [0.25, 0.3) is 0 Å². The number of benzene rings is 4. The van der Waals surface area contributed by atoms with Crippen LogP contribution in [0.4, 0.5) is 0 Å². The number of hydrogen-bond donors (Lipinski definition) is 0. The van der Waals surface area contributed by atoms with E-state index in [1.54, 1.807) is 0 Å². The first-order valence-corrected chi connectivity index (χ1v) is 15.0. The first-order chi connectivity index (χ1) is 15.8. The molecule has 0 radical (unpaired) electrons. The molecule has 2 heteroatoms. The summed E-state index contributed by atoms with van der Waals surface area (Å²) in [6.07, 6.45) is 4.81. The second kappa shape index (κ2) is 12.1. The van der Waals surface area contributed by atoms with Crippen molar-refractivity contribution in [2.45, 2.75) is 37.0 Å². The molecule has 4 rings (SSSR count). The van der Waals surface area contributed by atoms with Crippen molar-refractivity contribution in [3.05, 3.63) is 144 Å². The van der Waals surface area contributed by atoms with Crippen LogP contribution in [0.1, 0.15) is 29.2 Å². The highest BCUT2D eigenvalue weighted by Gasteiger charge is 2.26. The molecule has 0 saturated heterocycles. The highest BCUT2D eigenvalue weighted by Crippen LogP contribution is 2.63. The fourth-order valence-corrected chi connectivity index (χ4v) is 11.0. The highest BCUT2D eigenvalue weighted by atomic mass is 31.2. The van der Waals surface area contributed by atoms with Gasteiger partial charge >= 0.3 is 0 Å². The molecule has 0 aliphatic rings. The van der Waals surface area contributed by atoms with Gasteiger partial charge in [-0.25, -0.2) is 0 Å². The summed E-state index contributed by atoms with van der Waals surface area (Å²) in [5.74, 6) is 0. The zero-order valence-corrected chi connectivity index (χ0v) is 20.6. The van der Waals surface area contributed by atoms with Crippen molar-refractivity contribution < 1.29 is 0 Å². The van der Waals surface area contributed by atoms with Gasteiger partial charge in [0.2, 0.25) is 0 Å². The van der Waals surface area contributed by atoms with E-state index in [0.717, 1.165) is 5.40 Å². The van der Waals surface area contributed by atoms with Gasteiger partial charge in [-0.05, 0) is 52.3 Å². The van der Waals surface area contributed by atoms with Crippen LogP contribution < -0.4 is 0 Å². The van der Waals surface area contributed by atoms with Crippen molar-refractivity contribution in [1.29, 1.82) is 0 Å². The van der Waals surface area contributed by atoms with Crippen LogP contribution in [-0.2, 0) is 24.6 Å². The molecule has 0 nitrogen and oxygen atoms in total. The Morgan fingerprint density at radius 3 is 0.844 bits per heavy atom. The van der Waals surface area contributed by atoms with Crippen LogP contribution in [0, 0.1) is 0 Å². The lowest BCUT2D eigenvalue weighted by Crippen LogP contribution is -2.06. The average Bonchev–Trinajstić information content (AvgIpc) is 2.85. The van der Waals surface area contributed by atoms with Crippen molar-refractivity contribution in [3.8, 4) is 0 Å². The molecule has 4 aromatic carbocycles. The second-order valence-corrected chi connectivity index (χ2v) is 14.0. The van der Waals surface area contributed by atoms with Gasteiger partial charge in [0.15, 0.2) is 0 Å². The van der Waals surface area contributed by atoms with Crippen LogP contribution >= 0.6 is 15.8 Å². The predicted octanol–water partition coefficient (Wildman–Crippen LogP) is 9.10. The smallest absolute Gasteiger partial charge is 0.00223 e. The molecule has 0 fully saturated rings. The van der Waals surface area contributed by atoms with Gasteiger partial charge < -0.3 is 0 Å². The van der Waals surface area contributed by atoms with Crippen LogP contribution in [-0.4, -0.2) is 5.40 Å². The van der Waals surface area contributed by atoms with Gasteiger partial charge in [-0.3, -0.25) is 0 Å². The molecule has 0 unspecified atom stereocenters. The Hall–Kier alpha value is -2.26. The summed E-state index contributed by atoms with van der Waals surface area (Å²) < 4.78 is 0. The molecule has 0 amide bonds. The first-order valence-electron chi connectivity index (χ1n) is 11.4. The Kier molecular flexibility index (Phi) is 8.67. The Bertz CT molecular complexity index is 863. The van der Waals surface area contributed by atoms with Crippen LogP contribution in [0.3, 0.4) is 0 Å². The molecular formula is C30H32P2. The lowest BCUT2D eigenvalue weighted by atomic mass is 10.2. The minimum atomic E-state index is -0.177. The van der Waals surface area contributed by atoms with Crippen molar-refractivity contribution in [2.75, 3.05) is 0 Å². The fourth-order valence-electron chi connectivity index (χ4n) is 4.14. The number of hydrogen-bond acceptors (Lipinski definition) is 0. The van der Waals surface area contributed by atoms with Crippen molar-refractivity contribution >= 4 is 15.8 Å². The van der Waals surface area contributed by atoms with Crippen LogP contribution in [0.2, 0.25) is 0 Å². The molecule has 0 spiro atoms. The Morgan fingerprint density at radius 1 is 0.406 bits per heavy atom. The standard InChI is InChI=1S/C30H32P2/c1-26(31(22-27-14-6-2-7-15-27)23-28-16-8-3-9-17-28)32(24-29-18-10-4-11-19-29)25-30-20-12-5-13-21-30/h2-21,26H,22-25H2,1H3. The molecule has 0 saturated carbocycles. The third-order valence-corrected chi connectivity index (χ3v) is 13.1. The molecule has 162 valence electrons. The van der Waals surface area contributed by atoms with E-state index in [1.807, 2.05) is 0 Å². The minimum absolute atomic E-state index is 0.177. The summed E-state index contributed by atoms with van der Waals surface area (Å²) in [5.41, 5.74) is 5.93.